The van der Waals surface area contributed by atoms with Crippen molar-refractivity contribution >= 4 is 32.7 Å². The molecule has 0 bridgehead atoms. The summed E-state index contributed by atoms with van der Waals surface area (Å²) in [5.74, 6) is -0.134. The van der Waals surface area contributed by atoms with Crippen molar-refractivity contribution in [3.63, 3.8) is 0 Å². The van der Waals surface area contributed by atoms with Crippen LogP contribution in [-0.2, 0) is 20.1 Å². The van der Waals surface area contributed by atoms with Gasteiger partial charge in [-0.15, -0.1) is 0 Å². The average Bonchev–Trinajstić information content (AvgIpc) is 3.09. The number of halogens is 4. The number of nitrogens with zero attached hydrogens (tertiary/aromatic N) is 4. The molecule has 0 aliphatic carbocycles. The van der Waals surface area contributed by atoms with Crippen molar-refractivity contribution in [2.75, 3.05) is 7.05 Å². The molecule has 0 saturated carbocycles. The summed E-state index contributed by atoms with van der Waals surface area (Å²) in [7, 11) is 3.32. The van der Waals surface area contributed by atoms with Gasteiger partial charge in [0.15, 0.2) is 0 Å². The summed E-state index contributed by atoms with van der Waals surface area (Å²) < 4.78 is 41.4. The Labute approximate surface area is 156 Å². The van der Waals surface area contributed by atoms with Crippen molar-refractivity contribution < 1.29 is 18.0 Å². The van der Waals surface area contributed by atoms with Crippen molar-refractivity contribution in [3.8, 4) is 0 Å². The lowest BCUT2D eigenvalue weighted by atomic mass is 10.2. The third-order valence-corrected chi connectivity index (χ3v) is 4.93. The fourth-order valence-corrected chi connectivity index (χ4v) is 3.65. The third kappa shape index (κ3) is 3.48. The molecule has 0 N–H and O–H groups in total. The number of para-hydroxylation sites is 1. The largest absolute Gasteiger partial charge is 0.406 e. The number of hydrogen-bond acceptors (Lipinski definition) is 2. The summed E-state index contributed by atoms with van der Waals surface area (Å²) in [5, 5.41) is 0.894. The molecule has 1 amide bonds. The van der Waals surface area contributed by atoms with Crippen molar-refractivity contribution in [2.24, 2.45) is 7.05 Å². The molecule has 138 valence electrons. The highest BCUT2D eigenvalue weighted by Crippen LogP contribution is 2.31. The average molecular weight is 429 g/mol. The van der Waals surface area contributed by atoms with Gasteiger partial charge in [0.2, 0.25) is 0 Å². The number of alkyl halides is 3. The summed E-state index contributed by atoms with van der Waals surface area (Å²) in [6.45, 7) is -1.17. The molecule has 0 saturated heterocycles. The SMILES string of the molecule is CN(Cc1nccn1CC(F)(F)F)C(=O)c1c(Br)c2ccccc2n1C. The number of aryl methyl sites for hydroxylation is 1. The second kappa shape index (κ2) is 6.79. The molecule has 2 aromatic heterocycles. The predicted octanol–water partition coefficient (Wildman–Crippen LogP) is 3.97. The highest BCUT2D eigenvalue weighted by atomic mass is 79.9. The van der Waals surface area contributed by atoms with Crippen LogP contribution in [0.2, 0.25) is 0 Å². The maximum Gasteiger partial charge on any atom is 0.406 e. The second-order valence-electron chi connectivity index (χ2n) is 5.99. The van der Waals surface area contributed by atoms with Gasteiger partial charge in [-0.1, -0.05) is 18.2 Å². The molecule has 26 heavy (non-hydrogen) atoms. The van der Waals surface area contributed by atoms with Gasteiger partial charge in [-0.2, -0.15) is 13.2 Å². The minimum Gasteiger partial charge on any atom is -0.339 e. The number of hydrogen-bond donors (Lipinski definition) is 0. The van der Waals surface area contributed by atoms with Crippen molar-refractivity contribution in [1.29, 1.82) is 0 Å². The van der Waals surface area contributed by atoms with E-state index in [0.29, 0.717) is 10.2 Å². The van der Waals surface area contributed by atoms with Gasteiger partial charge in [-0.05, 0) is 22.0 Å². The van der Waals surface area contributed by atoms with Crippen molar-refractivity contribution in [3.05, 3.63) is 52.7 Å². The van der Waals surface area contributed by atoms with Gasteiger partial charge in [0.1, 0.15) is 18.1 Å². The molecule has 0 aliphatic heterocycles. The van der Waals surface area contributed by atoms with Gasteiger partial charge in [-0.25, -0.2) is 4.98 Å². The first kappa shape index (κ1) is 18.5. The number of aromatic nitrogens is 3. The summed E-state index contributed by atoms with van der Waals surface area (Å²) in [6.07, 6.45) is -1.79. The van der Waals surface area contributed by atoms with Gasteiger partial charge in [0.05, 0.1) is 11.0 Å². The molecule has 3 aromatic rings. The highest BCUT2D eigenvalue weighted by molar-refractivity contribution is 9.10. The van der Waals surface area contributed by atoms with Crippen LogP contribution in [0.25, 0.3) is 10.9 Å². The normalized spacial score (nSPS) is 11.9. The van der Waals surface area contributed by atoms with Gasteiger partial charge in [0.25, 0.3) is 5.91 Å². The zero-order valence-electron chi connectivity index (χ0n) is 14.1. The minimum atomic E-state index is -4.35. The smallest absolute Gasteiger partial charge is 0.339 e. The summed E-state index contributed by atoms with van der Waals surface area (Å²) in [6, 6.07) is 7.54. The summed E-state index contributed by atoms with van der Waals surface area (Å²) in [4.78, 5) is 18.2. The number of rotatable bonds is 4. The van der Waals surface area contributed by atoms with E-state index in [2.05, 4.69) is 20.9 Å². The standard InChI is InChI=1S/C17H16BrF3N4O/c1-23(9-13-22-7-8-25(13)10-17(19,20)21)16(26)15-14(18)11-5-3-4-6-12(11)24(15)2/h3-8H,9-10H2,1-2H3. The molecule has 0 radical (unpaired) electrons. The molecule has 5 nitrogen and oxygen atoms in total. The van der Waals surface area contributed by atoms with E-state index in [-0.39, 0.29) is 18.3 Å². The first-order valence-electron chi connectivity index (χ1n) is 7.74. The van der Waals surface area contributed by atoms with E-state index in [1.165, 1.54) is 17.3 Å². The molecule has 1 aromatic carbocycles. The fraction of sp³-hybridized carbons (Fsp3) is 0.294. The van der Waals surface area contributed by atoms with Crippen LogP contribution in [0.1, 0.15) is 16.3 Å². The number of carbonyl (C=O) groups excluding carboxylic acids is 1. The minimum absolute atomic E-state index is 0.0319. The molecule has 0 aliphatic rings. The molecular weight excluding hydrogens is 413 g/mol. The maximum atomic E-state index is 12.9. The lowest BCUT2D eigenvalue weighted by Gasteiger charge is -2.19. The molecule has 2 heterocycles. The highest BCUT2D eigenvalue weighted by Gasteiger charge is 2.29. The van der Waals surface area contributed by atoms with E-state index in [9.17, 15) is 18.0 Å². The Hall–Kier alpha value is -2.29. The molecule has 0 atom stereocenters. The molecule has 3 rings (SSSR count). The van der Waals surface area contributed by atoms with Crippen LogP contribution in [0, 0.1) is 0 Å². The van der Waals surface area contributed by atoms with Crippen molar-refractivity contribution in [2.45, 2.75) is 19.3 Å². The van der Waals surface area contributed by atoms with Crippen LogP contribution in [0.4, 0.5) is 13.2 Å². The van der Waals surface area contributed by atoms with E-state index in [1.807, 2.05) is 24.3 Å². The number of imidazole rings is 1. The van der Waals surface area contributed by atoms with E-state index < -0.39 is 12.7 Å². The first-order valence-corrected chi connectivity index (χ1v) is 8.53. The Morgan fingerprint density at radius 2 is 2.00 bits per heavy atom. The first-order chi connectivity index (χ1) is 12.2. The zero-order chi connectivity index (χ0) is 19.1. The van der Waals surface area contributed by atoms with E-state index in [1.54, 1.807) is 18.7 Å². The topological polar surface area (TPSA) is 43.1 Å². The fourth-order valence-electron chi connectivity index (χ4n) is 2.88. The van der Waals surface area contributed by atoms with Crippen LogP contribution < -0.4 is 0 Å². The lowest BCUT2D eigenvalue weighted by molar-refractivity contribution is -0.141. The Morgan fingerprint density at radius 1 is 1.31 bits per heavy atom. The number of fused-ring (bicyclic) bond motifs is 1. The number of benzene rings is 1. The third-order valence-electron chi connectivity index (χ3n) is 4.12. The lowest BCUT2D eigenvalue weighted by Crippen LogP contribution is -2.30. The monoisotopic (exact) mass is 428 g/mol. The molecule has 9 heteroatoms. The Kier molecular flexibility index (Phi) is 4.83. The van der Waals surface area contributed by atoms with Crippen LogP contribution in [-0.4, -0.2) is 38.1 Å². The number of carbonyl (C=O) groups is 1. The van der Waals surface area contributed by atoms with Crippen molar-refractivity contribution in [1.82, 2.24) is 19.0 Å². The van der Waals surface area contributed by atoms with Gasteiger partial charge in [0, 0.05) is 37.4 Å². The quantitative estimate of drug-likeness (QED) is 0.630. The molecule has 0 fully saturated rings. The van der Waals surface area contributed by atoms with Crippen LogP contribution in [0.5, 0.6) is 0 Å². The Balaban J connectivity index is 1.87. The van der Waals surface area contributed by atoms with Gasteiger partial charge >= 0.3 is 6.18 Å². The van der Waals surface area contributed by atoms with Gasteiger partial charge in [-0.3, -0.25) is 4.79 Å². The maximum absolute atomic E-state index is 12.9. The molecule has 0 spiro atoms. The van der Waals surface area contributed by atoms with Crippen LogP contribution in [0.15, 0.2) is 41.1 Å². The van der Waals surface area contributed by atoms with E-state index in [4.69, 9.17) is 0 Å². The molecular formula is C17H16BrF3N4O. The Morgan fingerprint density at radius 3 is 2.65 bits per heavy atom. The molecule has 0 unspecified atom stereocenters. The zero-order valence-corrected chi connectivity index (χ0v) is 15.7. The Bertz CT molecular complexity index is 922. The van der Waals surface area contributed by atoms with Crippen LogP contribution in [0.3, 0.4) is 0 Å². The van der Waals surface area contributed by atoms with E-state index >= 15 is 0 Å². The second-order valence-corrected chi connectivity index (χ2v) is 6.78. The van der Waals surface area contributed by atoms with E-state index in [0.717, 1.165) is 15.5 Å². The summed E-state index contributed by atoms with van der Waals surface area (Å²) >= 11 is 3.47. The summed E-state index contributed by atoms with van der Waals surface area (Å²) in [5.41, 5.74) is 1.32. The number of amides is 1. The van der Waals surface area contributed by atoms with Gasteiger partial charge < -0.3 is 14.0 Å². The predicted molar refractivity (Wildman–Crippen MR) is 94.7 cm³/mol. The van der Waals surface area contributed by atoms with Crippen LogP contribution >= 0.6 is 15.9 Å².